The van der Waals surface area contributed by atoms with E-state index >= 15 is 0 Å². The molecule has 0 fully saturated rings. The van der Waals surface area contributed by atoms with Crippen LogP contribution in [0.4, 0.5) is 0 Å². The van der Waals surface area contributed by atoms with E-state index in [0.717, 1.165) is 24.2 Å². The Kier molecular flexibility index (Phi) is 6.05. The van der Waals surface area contributed by atoms with Crippen molar-refractivity contribution in [3.63, 3.8) is 0 Å². The summed E-state index contributed by atoms with van der Waals surface area (Å²) in [6.07, 6.45) is 2.32. The van der Waals surface area contributed by atoms with Gasteiger partial charge in [-0.3, -0.25) is 0 Å². The van der Waals surface area contributed by atoms with Gasteiger partial charge in [0.2, 0.25) is 0 Å². The molecule has 1 N–H and O–H groups in total. The van der Waals surface area contributed by atoms with Crippen LogP contribution >= 0.6 is 0 Å². The second-order valence-electron chi connectivity index (χ2n) is 5.60. The van der Waals surface area contributed by atoms with Gasteiger partial charge in [-0.2, -0.15) is 5.26 Å². The monoisotopic (exact) mass is 274 g/mol. The van der Waals surface area contributed by atoms with Crippen LogP contribution < -0.4 is 4.74 Å². The van der Waals surface area contributed by atoms with E-state index in [-0.39, 0.29) is 5.41 Å². The third kappa shape index (κ3) is 5.75. The van der Waals surface area contributed by atoms with Crippen LogP contribution in [0.5, 0.6) is 5.75 Å². The molecule has 1 rings (SSSR count). The lowest BCUT2D eigenvalue weighted by Gasteiger charge is -2.14. The summed E-state index contributed by atoms with van der Waals surface area (Å²) in [6.45, 7) is 6.27. The summed E-state index contributed by atoms with van der Waals surface area (Å²) >= 11 is 0. The average Bonchev–Trinajstić information content (AvgIpc) is 2.45. The van der Waals surface area contributed by atoms with Crippen molar-refractivity contribution in [1.82, 2.24) is 0 Å². The van der Waals surface area contributed by atoms with Gasteiger partial charge in [0.05, 0.1) is 23.8 Å². The fourth-order valence-electron chi connectivity index (χ4n) is 1.79. The molecule has 4 nitrogen and oxygen atoms in total. The molecule has 20 heavy (non-hydrogen) atoms. The van der Waals surface area contributed by atoms with Crippen molar-refractivity contribution in [3.8, 4) is 11.8 Å². The summed E-state index contributed by atoms with van der Waals surface area (Å²) in [5.41, 5.74) is 1.48. The van der Waals surface area contributed by atoms with Crippen LogP contribution in [0.3, 0.4) is 0 Å². The molecule has 0 aliphatic rings. The summed E-state index contributed by atoms with van der Waals surface area (Å²) in [7, 11) is 0. The van der Waals surface area contributed by atoms with Gasteiger partial charge in [-0.25, -0.2) is 0 Å². The van der Waals surface area contributed by atoms with E-state index in [1.807, 2.05) is 38.1 Å². The van der Waals surface area contributed by atoms with Crippen molar-refractivity contribution in [3.05, 3.63) is 29.8 Å². The molecule has 108 valence electrons. The number of benzene rings is 1. The van der Waals surface area contributed by atoms with Crippen LogP contribution in [0.2, 0.25) is 0 Å². The number of nitriles is 1. The molecule has 0 unspecified atom stereocenters. The Bertz CT molecular complexity index is 484. The highest BCUT2D eigenvalue weighted by atomic mass is 16.5. The summed E-state index contributed by atoms with van der Waals surface area (Å²) < 4.78 is 5.64. The molecule has 0 saturated carbocycles. The zero-order chi connectivity index (χ0) is 15.0. The Morgan fingerprint density at radius 1 is 1.35 bits per heavy atom. The standard InChI is InChI=1S/C16H22N2O2/c1-13(18-19)11-14-5-7-15(8-6-14)20-10-4-9-16(2,3)12-17/h5-8,19H,4,9-11H2,1-3H3/b18-13-. The summed E-state index contributed by atoms with van der Waals surface area (Å²) in [4.78, 5) is 0. The summed E-state index contributed by atoms with van der Waals surface area (Å²) in [5, 5.41) is 20.7. The smallest absolute Gasteiger partial charge is 0.119 e. The molecule has 0 spiro atoms. The van der Waals surface area contributed by atoms with Gasteiger partial charge in [0.25, 0.3) is 0 Å². The van der Waals surface area contributed by atoms with E-state index in [4.69, 9.17) is 15.2 Å². The topological polar surface area (TPSA) is 65.6 Å². The van der Waals surface area contributed by atoms with Gasteiger partial charge >= 0.3 is 0 Å². The SMILES string of the molecule is C/C(Cc1ccc(OCCCC(C)(C)C#N)cc1)=N/O. The molecular weight excluding hydrogens is 252 g/mol. The molecule has 0 atom stereocenters. The van der Waals surface area contributed by atoms with Crippen LogP contribution in [-0.4, -0.2) is 17.5 Å². The third-order valence-corrected chi connectivity index (χ3v) is 3.07. The van der Waals surface area contributed by atoms with Crippen LogP contribution in [0.15, 0.2) is 29.4 Å². The predicted molar refractivity (Wildman–Crippen MR) is 79.2 cm³/mol. The Labute approximate surface area is 120 Å². The molecule has 0 radical (unpaired) electrons. The second kappa shape index (κ2) is 7.54. The van der Waals surface area contributed by atoms with Gasteiger partial charge in [0.15, 0.2) is 0 Å². The maximum Gasteiger partial charge on any atom is 0.119 e. The maximum absolute atomic E-state index is 8.91. The zero-order valence-corrected chi connectivity index (χ0v) is 12.4. The fourth-order valence-corrected chi connectivity index (χ4v) is 1.79. The minimum Gasteiger partial charge on any atom is -0.494 e. The lowest BCUT2D eigenvalue weighted by molar-refractivity contribution is 0.284. The molecular formula is C16H22N2O2. The van der Waals surface area contributed by atoms with Crippen molar-refractivity contribution in [2.45, 2.75) is 40.0 Å². The number of ether oxygens (including phenoxy) is 1. The van der Waals surface area contributed by atoms with Crippen LogP contribution in [-0.2, 0) is 6.42 Å². The number of hydrogen-bond donors (Lipinski definition) is 1. The molecule has 0 aliphatic heterocycles. The van der Waals surface area contributed by atoms with Crippen molar-refractivity contribution in [1.29, 1.82) is 5.26 Å². The first-order valence-corrected chi connectivity index (χ1v) is 6.77. The number of oxime groups is 1. The first-order valence-electron chi connectivity index (χ1n) is 6.77. The molecule has 0 heterocycles. The largest absolute Gasteiger partial charge is 0.494 e. The van der Waals surface area contributed by atoms with Crippen molar-refractivity contribution in [2.75, 3.05) is 6.61 Å². The lowest BCUT2D eigenvalue weighted by atomic mass is 9.90. The first-order chi connectivity index (χ1) is 9.46. The van der Waals surface area contributed by atoms with Crippen LogP contribution in [0.1, 0.15) is 39.2 Å². The van der Waals surface area contributed by atoms with E-state index in [1.165, 1.54) is 0 Å². The highest BCUT2D eigenvalue weighted by Crippen LogP contribution is 2.21. The predicted octanol–water partition coefficient (Wildman–Crippen LogP) is 3.79. The molecule has 0 bridgehead atoms. The van der Waals surface area contributed by atoms with E-state index in [9.17, 15) is 0 Å². The van der Waals surface area contributed by atoms with Crippen molar-refractivity contribution < 1.29 is 9.94 Å². The highest BCUT2D eigenvalue weighted by Gasteiger charge is 2.15. The van der Waals surface area contributed by atoms with E-state index < -0.39 is 0 Å². The Morgan fingerprint density at radius 3 is 2.55 bits per heavy atom. The van der Waals surface area contributed by atoms with Gasteiger partial charge in [-0.1, -0.05) is 17.3 Å². The van der Waals surface area contributed by atoms with Crippen molar-refractivity contribution >= 4 is 5.71 Å². The Hall–Kier alpha value is -2.02. The molecule has 0 amide bonds. The molecule has 1 aromatic rings. The second-order valence-corrected chi connectivity index (χ2v) is 5.60. The normalized spacial score (nSPS) is 12.0. The summed E-state index contributed by atoms with van der Waals surface area (Å²) in [6, 6.07) is 10.0. The molecule has 1 aromatic carbocycles. The molecule has 4 heteroatoms. The van der Waals surface area contributed by atoms with Gasteiger partial charge in [0, 0.05) is 6.42 Å². The lowest BCUT2D eigenvalue weighted by Crippen LogP contribution is -2.10. The van der Waals surface area contributed by atoms with E-state index in [0.29, 0.717) is 18.7 Å². The molecule has 0 aliphatic carbocycles. The Balaban J connectivity index is 2.37. The number of nitrogens with zero attached hydrogens (tertiary/aromatic N) is 2. The number of rotatable bonds is 7. The minimum atomic E-state index is -0.283. The molecule has 0 saturated heterocycles. The maximum atomic E-state index is 8.91. The van der Waals surface area contributed by atoms with E-state index in [1.54, 1.807) is 6.92 Å². The highest BCUT2D eigenvalue weighted by molar-refractivity contribution is 5.83. The third-order valence-electron chi connectivity index (χ3n) is 3.07. The van der Waals surface area contributed by atoms with Gasteiger partial charge in [-0.15, -0.1) is 0 Å². The quantitative estimate of drug-likeness (QED) is 0.356. The Morgan fingerprint density at radius 2 is 2.00 bits per heavy atom. The first kappa shape index (κ1) is 16.0. The van der Waals surface area contributed by atoms with Gasteiger partial charge < -0.3 is 9.94 Å². The van der Waals surface area contributed by atoms with E-state index in [2.05, 4.69) is 11.2 Å². The van der Waals surface area contributed by atoms with Crippen LogP contribution in [0, 0.1) is 16.7 Å². The average molecular weight is 274 g/mol. The number of hydrogen-bond acceptors (Lipinski definition) is 4. The van der Waals surface area contributed by atoms with Gasteiger partial charge in [-0.05, 0) is 51.3 Å². The fraction of sp³-hybridized carbons (Fsp3) is 0.500. The van der Waals surface area contributed by atoms with Crippen molar-refractivity contribution in [2.24, 2.45) is 10.6 Å². The zero-order valence-electron chi connectivity index (χ0n) is 12.4. The minimum absolute atomic E-state index is 0.283. The van der Waals surface area contributed by atoms with Gasteiger partial charge in [0.1, 0.15) is 5.75 Å². The summed E-state index contributed by atoms with van der Waals surface area (Å²) in [5.74, 6) is 0.821. The van der Waals surface area contributed by atoms with Crippen LogP contribution in [0.25, 0.3) is 0 Å². The molecule has 0 aromatic heterocycles.